The molecular weight excluding hydrogens is 208 g/mol. The highest BCUT2D eigenvalue weighted by Gasteiger charge is 2.15. The van der Waals surface area contributed by atoms with E-state index in [0.717, 1.165) is 6.67 Å². The lowest BCUT2D eigenvalue weighted by atomic mass is 10.1. The molecule has 1 aliphatic heterocycles. The zero-order valence-electron chi connectivity index (χ0n) is 9.48. The molecule has 0 saturated heterocycles. The van der Waals surface area contributed by atoms with E-state index < -0.39 is 0 Å². The minimum Gasteiger partial charge on any atom is -0.366 e. The average Bonchev–Trinajstić information content (AvgIpc) is 2.90. The summed E-state index contributed by atoms with van der Waals surface area (Å²) < 4.78 is 0. The fourth-order valence-electron chi connectivity index (χ4n) is 2.10. The maximum absolute atomic E-state index is 3.39. The first kappa shape index (κ1) is 9.97. The number of hydrogen-bond donors (Lipinski definition) is 2. The Hall–Kier alpha value is -2.22. The average molecular weight is 222 g/mol. The van der Waals surface area contributed by atoms with E-state index in [1.54, 1.807) is 0 Å². The van der Waals surface area contributed by atoms with Crippen LogP contribution in [0.2, 0.25) is 0 Å². The molecule has 0 aliphatic carbocycles. The predicted molar refractivity (Wildman–Crippen MR) is 70.8 cm³/mol. The van der Waals surface area contributed by atoms with Crippen LogP contribution in [0.25, 0.3) is 11.4 Å². The van der Waals surface area contributed by atoms with Gasteiger partial charge in [0.1, 0.15) is 0 Å². The standard InChI is InChI=1S/C15H14N2/c1-3-7-12(8-4-1)14-15(17-11-16-14)13-9-5-2-6-10-13/h1-10,16-17H,11H2. The summed E-state index contributed by atoms with van der Waals surface area (Å²) in [5, 5.41) is 6.78. The van der Waals surface area contributed by atoms with E-state index >= 15 is 0 Å². The molecule has 0 radical (unpaired) electrons. The Morgan fingerprint density at radius 2 is 1.00 bits per heavy atom. The van der Waals surface area contributed by atoms with Crippen LogP contribution < -0.4 is 10.6 Å². The summed E-state index contributed by atoms with van der Waals surface area (Å²) in [4.78, 5) is 0. The Bertz CT molecular complexity index is 480. The number of benzene rings is 2. The van der Waals surface area contributed by atoms with Gasteiger partial charge in [-0.25, -0.2) is 0 Å². The summed E-state index contributed by atoms with van der Waals surface area (Å²) >= 11 is 0. The molecule has 2 nitrogen and oxygen atoms in total. The molecule has 0 amide bonds. The van der Waals surface area contributed by atoms with Crippen molar-refractivity contribution >= 4 is 11.4 Å². The van der Waals surface area contributed by atoms with Gasteiger partial charge in [0.25, 0.3) is 0 Å². The Morgan fingerprint density at radius 1 is 0.588 bits per heavy atom. The first-order valence-electron chi connectivity index (χ1n) is 5.78. The van der Waals surface area contributed by atoms with Gasteiger partial charge in [0.05, 0.1) is 18.1 Å². The molecule has 3 rings (SSSR count). The van der Waals surface area contributed by atoms with Gasteiger partial charge in [0.2, 0.25) is 0 Å². The Balaban J connectivity index is 2.08. The number of hydrogen-bond acceptors (Lipinski definition) is 2. The van der Waals surface area contributed by atoms with Gasteiger partial charge < -0.3 is 10.6 Å². The van der Waals surface area contributed by atoms with E-state index in [-0.39, 0.29) is 0 Å². The summed E-state index contributed by atoms with van der Waals surface area (Å²) in [6.45, 7) is 0.786. The third kappa shape index (κ3) is 1.89. The molecule has 0 spiro atoms. The van der Waals surface area contributed by atoms with Gasteiger partial charge in [-0.2, -0.15) is 0 Å². The van der Waals surface area contributed by atoms with Crippen molar-refractivity contribution in [1.29, 1.82) is 0 Å². The second-order valence-corrected chi connectivity index (χ2v) is 4.01. The molecule has 2 heteroatoms. The van der Waals surface area contributed by atoms with E-state index in [0.29, 0.717) is 0 Å². The number of rotatable bonds is 2. The number of nitrogens with one attached hydrogen (secondary N) is 2. The molecule has 0 saturated carbocycles. The lowest BCUT2D eigenvalue weighted by Crippen LogP contribution is -2.14. The Morgan fingerprint density at radius 3 is 1.41 bits per heavy atom. The minimum atomic E-state index is 0.786. The van der Waals surface area contributed by atoms with Crippen LogP contribution in [0.1, 0.15) is 11.1 Å². The largest absolute Gasteiger partial charge is 0.366 e. The summed E-state index contributed by atoms with van der Waals surface area (Å²) in [7, 11) is 0. The summed E-state index contributed by atoms with van der Waals surface area (Å²) in [5.74, 6) is 0. The van der Waals surface area contributed by atoms with Crippen LogP contribution in [-0.2, 0) is 0 Å². The molecule has 2 N–H and O–H groups in total. The minimum absolute atomic E-state index is 0.786. The molecule has 2 aromatic rings. The maximum atomic E-state index is 3.39. The predicted octanol–water partition coefficient (Wildman–Crippen LogP) is 2.66. The maximum Gasteiger partial charge on any atom is 0.0851 e. The molecule has 17 heavy (non-hydrogen) atoms. The third-order valence-electron chi connectivity index (χ3n) is 2.91. The molecule has 1 aliphatic rings. The lowest BCUT2D eigenvalue weighted by Gasteiger charge is -2.07. The van der Waals surface area contributed by atoms with Crippen LogP contribution in [-0.4, -0.2) is 6.67 Å². The molecule has 0 unspecified atom stereocenters. The third-order valence-corrected chi connectivity index (χ3v) is 2.91. The van der Waals surface area contributed by atoms with Crippen LogP contribution in [0.15, 0.2) is 60.7 Å². The van der Waals surface area contributed by atoms with Crippen molar-refractivity contribution in [3.8, 4) is 0 Å². The first-order chi connectivity index (χ1) is 8.45. The topological polar surface area (TPSA) is 24.1 Å². The fraction of sp³-hybridized carbons (Fsp3) is 0.0667. The molecule has 0 bridgehead atoms. The smallest absolute Gasteiger partial charge is 0.0851 e. The first-order valence-corrected chi connectivity index (χ1v) is 5.78. The van der Waals surface area contributed by atoms with Gasteiger partial charge >= 0.3 is 0 Å². The summed E-state index contributed by atoms with van der Waals surface area (Å²) in [5.41, 5.74) is 4.79. The summed E-state index contributed by atoms with van der Waals surface area (Å²) in [6, 6.07) is 20.8. The van der Waals surface area contributed by atoms with Crippen LogP contribution >= 0.6 is 0 Å². The van der Waals surface area contributed by atoms with Crippen molar-refractivity contribution < 1.29 is 0 Å². The second kappa shape index (κ2) is 4.34. The molecule has 1 heterocycles. The lowest BCUT2D eigenvalue weighted by molar-refractivity contribution is 0.851. The Kier molecular flexibility index (Phi) is 2.54. The van der Waals surface area contributed by atoms with Crippen LogP contribution in [0.4, 0.5) is 0 Å². The van der Waals surface area contributed by atoms with Crippen molar-refractivity contribution in [3.05, 3.63) is 71.8 Å². The molecule has 0 atom stereocenters. The zero-order chi connectivity index (χ0) is 11.5. The van der Waals surface area contributed by atoms with Gasteiger partial charge in [0.15, 0.2) is 0 Å². The van der Waals surface area contributed by atoms with Crippen LogP contribution in [0.3, 0.4) is 0 Å². The van der Waals surface area contributed by atoms with Crippen molar-refractivity contribution in [2.75, 3.05) is 6.67 Å². The van der Waals surface area contributed by atoms with Crippen LogP contribution in [0, 0.1) is 0 Å². The van der Waals surface area contributed by atoms with Gasteiger partial charge in [-0.05, 0) is 11.1 Å². The highest BCUT2D eigenvalue weighted by atomic mass is 15.1. The van der Waals surface area contributed by atoms with E-state index in [4.69, 9.17) is 0 Å². The quantitative estimate of drug-likeness (QED) is 0.816. The molecule has 0 fully saturated rings. The van der Waals surface area contributed by atoms with E-state index in [1.807, 2.05) is 12.1 Å². The molecule has 84 valence electrons. The monoisotopic (exact) mass is 222 g/mol. The zero-order valence-corrected chi connectivity index (χ0v) is 9.48. The molecule has 2 aromatic carbocycles. The SMILES string of the molecule is c1ccc(C2=C(c3ccccc3)NCN2)cc1. The summed E-state index contributed by atoms with van der Waals surface area (Å²) in [6.07, 6.45) is 0. The molecular formula is C15H14N2. The second-order valence-electron chi connectivity index (χ2n) is 4.01. The van der Waals surface area contributed by atoms with E-state index in [9.17, 15) is 0 Å². The van der Waals surface area contributed by atoms with E-state index in [2.05, 4.69) is 59.2 Å². The Labute approximate surface area is 101 Å². The highest BCUT2D eigenvalue weighted by Crippen LogP contribution is 2.24. The normalized spacial score (nSPS) is 14.4. The van der Waals surface area contributed by atoms with Gasteiger partial charge in [-0.15, -0.1) is 0 Å². The van der Waals surface area contributed by atoms with Gasteiger partial charge in [-0.3, -0.25) is 0 Å². The van der Waals surface area contributed by atoms with Crippen molar-refractivity contribution in [1.82, 2.24) is 10.6 Å². The molecule has 0 aromatic heterocycles. The fourth-order valence-corrected chi connectivity index (χ4v) is 2.10. The van der Waals surface area contributed by atoms with Gasteiger partial charge in [-0.1, -0.05) is 60.7 Å². The van der Waals surface area contributed by atoms with Gasteiger partial charge in [0, 0.05) is 0 Å². The van der Waals surface area contributed by atoms with Crippen molar-refractivity contribution in [2.24, 2.45) is 0 Å². The van der Waals surface area contributed by atoms with Crippen molar-refractivity contribution in [2.45, 2.75) is 0 Å². The van der Waals surface area contributed by atoms with Crippen LogP contribution in [0.5, 0.6) is 0 Å². The van der Waals surface area contributed by atoms with E-state index in [1.165, 1.54) is 22.5 Å². The van der Waals surface area contributed by atoms with Crippen molar-refractivity contribution in [3.63, 3.8) is 0 Å². The highest BCUT2D eigenvalue weighted by molar-refractivity contribution is 5.90.